The number of fused-ring (bicyclic) bond motifs is 6. The van der Waals surface area contributed by atoms with Crippen molar-refractivity contribution in [1.29, 1.82) is 0 Å². The van der Waals surface area contributed by atoms with Crippen LogP contribution in [0.15, 0.2) is 59.7 Å². The Morgan fingerprint density at radius 1 is 1.07 bits per heavy atom. The normalized spacial score (nSPS) is 31.1. The summed E-state index contributed by atoms with van der Waals surface area (Å²) in [6, 6.07) is 7.38. The van der Waals surface area contributed by atoms with Gasteiger partial charge in [-0.25, -0.2) is 0 Å². The molecule has 0 aromatic heterocycles. The van der Waals surface area contributed by atoms with Crippen LogP contribution in [0.5, 0.6) is 0 Å². The zero-order valence-corrected chi connectivity index (χ0v) is 16.5. The molecule has 1 aromatic carbocycles. The lowest BCUT2D eigenvalue weighted by molar-refractivity contribution is 0.0665. The third-order valence-electron chi connectivity index (χ3n) is 6.70. The number of hydrogen-bond acceptors (Lipinski definition) is 2. The lowest BCUT2D eigenvalue weighted by Gasteiger charge is -2.37. The van der Waals surface area contributed by atoms with E-state index in [4.69, 9.17) is 0 Å². The Morgan fingerprint density at radius 3 is 2.48 bits per heavy atom. The van der Waals surface area contributed by atoms with Crippen molar-refractivity contribution in [3.8, 4) is 0 Å². The number of ketones is 2. The fraction of sp³-hybridized carbons (Fsp3) is 0.440. The van der Waals surface area contributed by atoms with Crippen LogP contribution in [-0.2, 0) is 0 Å². The number of benzene rings is 1. The summed E-state index contributed by atoms with van der Waals surface area (Å²) in [5, 5.41) is 0. The van der Waals surface area contributed by atoms with Crippen LogP contribution in [0, 0.1) is 23.2 Å². The van der Waals surface area contributed by atoms with E-state index in [0.29, 0.717) is 11.1 Å². The van der Waals surface area contributed by atoms with E-state index in [1.807, 2.05) is 24.3 Å². The molecule has 1 aromatic rings. The number of allylic oxidation sites excluding steroid dienone is 6. The predicted octanol–water partition coefficient (Wildman–Crippen LogP) is 5.96. The molecule has 0 saturated heterocycles. The molecule has 2 heteroatoms. The average Bonchev–Trinajstić information content (AvgIpc) is 3.21. The summed E-state index contributed by atoms with van der Waals surface area (Å²) in [6.07, 6.45) is 12.9. The van der Waals surface area contributed by atoms with Gasteiger partial charge >= 0.3 is 0 Å². The summed E-state index contributed by atoms with van der Waals surface area (Å²) >= 11 is 0. The molecule has 3 aliphatic carbocycles. The Labute approximate surface area is 162 Å². The molecule has 0 N–H and O–H groups in total. The van der Waals surface area contributed by atoms with Crippen LogP contribution in [0.25, 0.3) is 0 Å². The number of carbonyl (C=O) groups excluding carboxylic acids is 2. The maximum atomic E-state index is 13.3. The molecule has 0 aliphatic heterocycles. The second-order valence-corrected chi connectivity index (χ2v) is 8.81. The lowest BCUT2D eigenvalue weighted by atomic mass is 9.63. The molecule has 2 unspecified atom stereocenters. The van der Waals surface area contributed by atoms with Crippen LogP contribution in [-0.4, -0.2) is 11.6 Å². The number of carbonyl (C=O) groups is 2. The van der Waals surface area contributed by atoms with E-state index >= 15 is 0 Å². The third kappa shape index (κ3) is 2.96. The van der Waals surface area contributed by atoms with Gasteiger partial charge in [-0.05, 0) is 52.4 Å². The Balaban J connectivity index is 1.60. The first-order valence-electron chi connectivity index (χ1n) is 10.1. The highest BCUT2D eigenvalue weighted by Gasteiger charge is 2.61. The van der Waals surface area contributed by atoms with Gasteiger partial charge in [0.05, 0.1) is 0 Å². The Hall–Kier alpha value is -2.22. The zero-order valence-electron chi connectivity index (χ0n) is 16.5. The van der Waals surface area contributed by atoms with Crippen molar-refractivity contribution in [2.24, 2.45) is 23.2 Å². The van der Waals surface area contributed by atoms with Gasteiger partial charge in [-0.1, -0.05) is 59.7 Å². The smallest absolute Gasteiger partial charge is 0.168 e. The third-order valence-corrected chi connectivity index (χ3v) is 6.70. The monoisotopic (exact) mass is 360 g/mol. The summed E-state index contributed by atoms with van der Waals surface area (Å²) in [6.45, 7) is 6.44. The molecule has 3 aliphatic rings. The first-order valence-corrected chi connectivity index (χ1v) is 10.1. The first kappa shape index (κ1) is 18.2. The zero-order chi connectivity index (χ0) is 19.2. The van der Waals surface area contributed by atoms with Gasteiger partial charge in [-0.3, -0.25) is 9.59 Å². The van der Waals surface area contributed by atoms with E-state index in [-0.39, 0.29) is 34.7 Å². The molecule has 140 valence electrons. The van der Waals surface area contributed by atoms with Gasteiger partial charge < -0.3 is 0 Å². The molecule has 0 amide bonds. The minimum atomic E-state index is -0.184. The van der Waals surface area contributed by atoms with Crippen LogP contribution in [0.4, 0.5) is 0 Å². The molecular formula is C25H28O2. The molecule has 1 saturated carbocycles. The van der Waals surface area contributed by atoms with Crippen LogP contribution in [0.1, 0.15) is 67.2 Å². The molecule has 2 nitrogen and oxygen atoms in total. The van der Waals surface area contributed by atoms with Gasteiger partial charge in [0.25, 0.3) is 0 Å². The highest BCUT2D eigenvalue weighted by Crippen LogP contribution is 2.61. The summed E-state index contributed by atoms with van der Waals surface area (Å²) in [7, 11) is 0. The fourth-order valence-corrected chi connectivity index (χ4v) is 5.34. The minimum Gasteiger partial charge on any atom is -0.294 e. The standard InChI is InChI=1S/C25H28O2/c1-16(2)7-6-8-17(3)11-13-25-14-12-18(15-25)21-22(25)24(27)20-10-5-4-9-19(20)23(21)26/h4-5,7,9-12,14,18,21-22H,6,8,13,15H2,1-3H3/b17-11+/t18-,21?,22?,25+/m1/s1. The van der Waals surface area contributed by atoms with Crippen LogP contribution in [0.3, 0.4) is 0 Å². The molecule has 2 bridgehead atoms. The topological polar surface area (TPSA) is 34.1 Å². The second-order valence-electron chi connectivity index (χ2n) is 8.81. The maximum absolute atomic E-state index is 13.3. The van der Waals surface area contributed by atoms with Crippen LogP contribution in [0.2, 0.25) is 0 Å². The largest absolute Gasteiger partial charge is 0.294 e. The van der Waals surface area contributed by atoms with Crippen molar-refractivity contribution < 1.29 is 9.59 Å². The van der Waals surface area contributed by atoms with Crippen molar-refractivity contribution in [3.63, 3.8) is 0 Å². The van der Waals surface area contributed by atoms with E-state index in [2.05, 4.69) is 45.1 Å². The molecule has 0 radical (unpaired) electrons. The number of rotatable bonds is 5. The van der Waals surface area contributed by atoms with E-state index in [1.54, 1.807) is 0 Å². The molecule has 27 heavy (non-hydrogen) atoms. The summed E-state index contributed by atoms with van der Waals surface area (Å²) in [4.78, 5) is 26.4. The Morgan fingerprint density at radius 2 is 1.78 bits per heavy atom. The van der Waals surface area contributed by atoms with Gasteiger partial charge in [0.1, 0.15) is 0 Å². The molecule has 0 heterocycles. The highest BCUT2D eigenvalue weighted by atomic mass is 16.1. The van der Waals surface area contributed by atoms with E-state index in [1.165, 1.54) is 11.1 Å². The second kappa shape index (κ2) is 6.74. The van der Waals surface area contributed by atoms with Crippen molar-refractivity contribution in [1.82, 2.24) is 0 Å². The van der Waals surface area contributed by atoms with E-state index < -0.39 is 0 Å². The molecule has 4 rings (SSSR count). The number of hydrogen-bond donors (Lipinski definition) is 0. The molecular weight excluding hydrogens is 332 g/mol. The average molecular weight is 360 g/mol. The SMILES string of the molecule is CC(C)=CCC/C(C)=C/C[C@]12C=C[C@H](C1)C1C(=O)c3ccccc3C(=O)C12. The Bertz CT molecular complexity index is 881. The molecule has 0 spiro atoms. The maximum Gasteiger partial charge on any atom is 0.168 e. The van der Waals surface area contributed by atoms with Crippen molar-refractivity contribution in [2.45, 2.75) is 46.5 Å². The highest BCUT2D eigenvalue weighted by molar-refractivity contribution is 6.17. The summed E-state index contributed by atoms with van der Waals surface area (Å²) in [5.41, 5.74) is 3.82. The van der Waals surface area contributed by atoms with Crippen molar-refractivity contribution >= 4 is 11.6 Å². The summed E-state index contributed by atoms with van der Waals surface area (Å²) < 4.78 is 0. The quantitative estimate of drug-likeness (QED) is 0.607. The predicted molar refractivity (Wildman–Crippen MR) is 109 cm³/mol. The molecule has 4 atom stereocenters. The minimum absolute atomic E-state index is 0.156. The van der Waals surface area contributed by atoms with E-state index in [0.717, 1.165) is 25.7 Å². The Kier molecular flexibility index (Phi) is 4.53. The lowest BCUT2D eigenvalue weighted by Crippen LogP contribution is -2.42. The van der Waals surface area contributed by atoms with Gasteiger partial charge in [0.2, 0.25) is 0 Å². The van der Waals surface area contributed by atoms with Gasteiger partial charge in [-0.2, -0.15) is 0 Å². The fourth-order valence-electron chi connectivity index (χ4n) is 5.34. The first-order chi connectivity index (χ1) is 12.9. The van der Waals surface area contributed by atoms with Crippen LogP contribution >= 0.6 is 0 Å². The molecule has 1 fully saturated rings. The van der Waals surface area contributed by atoms with Gasteiger partial charge in [-0.15, -0.1) is 0 Å². The van der Waals surface area contributed by atoms with E-state index in [9.17, 15) is 9.59 Å². The van der Waals surface area contributed by atoms with Crippen LogP contribution < -0.4 is 0 Å². The van der Waals surface area contributed by atoms with Crippen molar-refractivity contribution in [3.05, 3.63) is 70.8 Å². The number of Topliss-reactive ketones (excluding diaryl/α,β-unsaturated/α-hetero) is 2. The summed E-state index contributed by atoms with van der Waals surface area (Å²) in [5.74, 6) is 0.237. The van der Waals surface area contributed by atoms with Gasteiger partial charge in [0, 0.05) is 28.4 Å². The van der Waals surface area contributed by atoms with Crippen molar-refractivity contribution in [2.75, 3.05) is 0 Å². The van der Waals surface area contributed by atoms with Gasteiger partial charge in [0.15, 0.2) is 11.6 Å².